The maximum atomic E-state index is 11.8. The van der Waals surface area contributed by atoms with E-state index in [0.717, 1.165) is 5.56 Å². The Kier molecular flexibility index (Phi) is 6.25. The molecule has 1 N–H and O–H groups in total. The topological polar surface area (TPSA) is 38.3 Å². The lowest BCUT2D eigenvalue weighted by atomic mass is 10.00. The van der Waals surface area contributed by atoms with Gasteiger partial charge in [-0.25, -0.2) is 4.79 Å². The first-order valence-corrected chi connectivity index (χ1v) is 9.16. The Bertz CT molecular complexity index is 992. The molecular weight excluding hydrogens is 334 g/mol. The fourth-order valence-electron chi connectivity index (χ4n) is 3.03. The zero-order valence-electron chi connectivity index (χ0n) is 15.7. The average Bonchev–Trinajstić information content (AvgIpc) is 2.71. The third-order valence-corrected chi connectivity index (χ3v) is 4.39. The van der Waals surface area contributed by atoms with Gasteiger partial charge in [-0.1, -0.05) is 60.4 Å². The predicted octanol–water partition coefficient (Wildman–Crippen LogP) is 4.72. The molecule has 0 aromatic heterocycles. The number of rotatable bonds is 5. The Morgan fingerprint density at radius 1 is 1.07 bits per heavy atom. The van der Waals surface area contributed by atoms with Gasteiger partial charge in [0.15, 0.2) is 0 Å². The average molecular weight is 357 g/mol. The van der Waals surface area contributed by atoms with Crippen molar-refractivity contribution in [3.8, 4) is 11.8 Å². The van der Waals surface area contributed by atoms with Crippen LogP contribution in [0.1, 0.15) is 41.4 Å². The quantitative estimate of drug-likeness (QED) is 0.530. The molecule has 0 aliphatic rings. The number of esters is 1. The summed E-state index contributed by atoms with van der Waals surface area (Å²) in [6, 6.07) is 22.2. The minimum absolute atomic E-state index is 0.191. The highest BCUT2D eigenvalue weighted by Crippen LogP contribution is 2.23. The number of carbonyl (C=O) groups excluding carboxylic acids is 1. The molecule has 0 spiro atoms. The van der Waals surface area contributed by atoms with Gasteiger partial charge in [0, 0.05) is 11.6 Å². The number of carbonyl (C=O) groups is 1. The van der Waals surface area contributed by atoms with Gasteiger partial charge in [0.1, 0.15) is 0 Å². The summed E-state index contributed by atoms with van der Waals surface area (Å²) in [5.41, 5.74) is 2.60. The van der Waals surface area contributed by atoms with Gasteiger partial charge < -0.3 is 4.74 Å². The van der Waals surface area contributed by atoms with Crippen LogP contribution in [0.2, 0.25) is 0 Å². The molecule has 0 saturated heterocycles. The lowest BCUT2D eigenvalue weighted by molar-refractivity contribution is 0.0526. The Balaban J connectivity index is 1.65. The summed E-state index contributed by atoms with van der Waals surface area (Å²) in [7, 11) is 0. The van der Waals surface area contributed by atoms with Crippen molar-refractivity contribution >= 4 is 16.7 Å². The largest absolute Gasteiger partial charge is 0.462 e. The van der Waals surface area contributed by atoms with Crippen LogP contribution in [0.4, 0.5) is 0 Å². The van der Waals surface area contributed by atoms with Gasteiger partial charge >= 0.3 is 5.97 Å². The van der Waals surface area contributed by atoms with Crippen molar-refractivity contribution < 1.29 is 9.53 Å². The minimum atomic E-state index is -0.316. The summed E-state index contributed by atoms with van der Waals surface area (Å²) in [4.78, 5) is 11.8. The van der Waals surface area contributed by atoms with E-state index in [2.05, 4.69) is 66.5 Å². The van der Waals surface area contributed by atoms with Gasteiger partial charge in [0.25, 0.3) is 0 Å². The second-order valence-corrected chi connectivity index (χ2v) is 6.27. The molecule has 3 heteroatoms. The van der Waals surface area contributed by atoms with Crippen molar-refractivity contribution in [2.24, 2.45) is 0 Å². The maximum absolute atomic E-state index is 11.8. The van der Waals surface area contributed by atoms with Crippen molar-refractivity contribution in [3.63, 3.8) is 0 Å². The Hall–Kier alpha value is -3.09. The van der Waals surface area contributed by atoms with E-state index in [1.807, 2.05) is 12.1 Å². The molecule has 0 aliphatic carbocycles. The highest BCUT2D eigenvalue weighted by molar-refractivity contribution is 5.89. The van der Waals surface area contributed by atoms with Crippen LogP contribution in [-0.4, -0.2) is 19.1 Å². The van der Waals surface area contributed by atoms with Gasteiger partial charge in [-0.05, 0) is 48.4 Å². The van der Waals surface area contributed by atoms with Crippen molar-refractivity contribution in [2.45, 2.75) is 19.9 Å². The smallest absolute Gasteiger partial charge is 0.338 e. The van der Waals surface area contributed by atoms with Crippen LogP contribution in [0.15, 0.2) is 66.7 Å². The van der Waals surface area contributed by atoms with Gasteiger partial charge in [-0.15, -0.1) is 0 Å². The fraction of sp³-hybridized carbons (Fsp3) is 0.208. The molecule has 0 heterocycles. The van der Waals surface area contributed by atoms with Crippen LogP contribution in [0.3, 0.4) is 0 Å². The van der Waals surface area contributed by atoms with Crippen LogP contribution in [-0.2, 0) is 4.74 Å². The molecule has 27 heavy (non-hydrogen) atoms. The molecule has 136 valence electrons. The molecule has 0 unspecified atom stereocenters. The summed E-state index contributed by atoms with van der Waals surface area (Å²) in [6.45, 7) is 4.87. The van der Waals surface area contributed by atoms with E-state index < -0.39 is 0 Å². The summed E-state index contributed by atoms with van der Waals surface area (Å²) in [5.74, 6) is 5.93. The van der Waals surface area contributed by atoms with Crippen LogP contribution in [0.25, 0.3) is 10.8 Å². The second-order valence-electron chi connectivity index (χ2n) is 6.27. The Morgan fingerprint density at radius 3 is 2.70 bits per heavy atom. The molecule has 3 rings (SSSR count). The van der Waals surface area contributed by atoms with E-state index in [1.54, 1.807) is 19.1 Å². The maximum Gasteiger partial charge on any atom is 0.338 e. The zero-order valence-corrected chi connectivity index (χ0v) is 15.7. The van der Waals surface area contributed by atoms with Crippen molar-refractivity contribution in [3.05, 3.63) is 83.4 Å². The lowest BCUT2D eigenvalue weighted by Gasteiger charge is -2.15. The normalized spacial score (nSPS) is 11.5. The molecule has 0 bridgehead atoms. The third kappa shape index (κ3) is 4.75. The molecule has 0 aliphatic heterocycles. The molecule has 3 aromatic carbocycles. The highest BCUT2D eigenvalue weighted by Gasteiger charge is 2.08. The predicted molar refractivity (Wildman–Crippen MR) is 110 cm³/mol. The van der Waals surface area contributed by atoms with Crippen LogP contribution in [0, 0.1) is 11.8 Å². The number of nitrogens with one attached hydrogen (secondary N) is 1. The van der Waals surface area contributed by atoms with Gasteiger partial charge in [0.05, 0.1) is 18.7 Å². The van der Waals surface area contributed by atoms with Crippen molar-refractivity contribution in [1.29, 1.82) is 0 Å². The summed E-state index contributed by atoms with van der Waals surface area (Å²) >= 11 is 0. The lowest BCUT2D eigenvalue weighted by Crippen LogP contribution is -2.19. The number of fused-ring (bicyclic) bond motifs is 1. The molecule has 0 saturated carbocycles. The van der Waals surface area contributed by atoms with Gasteiger partial charge in [0.2, 0.25) is 0 Å². The molecule has 1 atom stereocenters. The Morgan fingerprint density at radius 2 is 1.85 bits per heavy atom. The number of benzene rings is 3. The van der Waals surface area contributed by atoms with Crippen molar-refractivity contribution in [2.75, 3.05) is 13.2 Å². The second kappa shape index (κ2) is 9.02. The van der Waals surface area contributed by atoms with Gasteiger partial charge in [-0.3, -0.25) is 5.32 Å². The van der Waals surface area contributed by atoms with Gasteiger partial charge in [-0.2, -0.15) is 0 Å². The molecule has 3 nitrogen and oxygen atoms in total. The minimum Gasteiger partial charge on any atom is -0.462 e. The van der Waals surface area contributed by atoms with Crippen molar-refractivity contribution in [1.82, 2.24) is 5.32 Å². The summed E-state index contributed by atoms with van der Waals surface area (Å²) < 4.78 is 5.02. The van der Waals surface area contributed by atoms with Crippen LogP contribution in [0.5, 0.6) is 0 Å². The molecule has 0 fully saturated rings. The molecule has 0 amide bonds. The monoisotopic (exact) mass is 357 g/mol. The van der Waals surface area contributed by atoms with E-state index >= 15 is 0 Å². The zero-order chi connectivity index (χ0) is 19.1. The molecule has 0 radical (unpaired) electrons. The van der Waals surface area contributed by atoms with E-state index in [-0.39, 0.29) is 12.0 Å². The first kappa shape index (κ1) is 18.7. The van der Waals surface area contributed by atoms with Crippen LogP contribution < -0.4 is 5.32 Å². The number of ether oxygens (including phenoxy) is 1. The summed E-state index contributed by atoms with van der Waals surface area (Å²) in [5, 5.41) is 5.95. The Labute approximate surface area is 160 Å². The van der Waals surface area contributed by atoms with Crippen LogP contribution >= 0.6 is 0 Å². The van der Waals surface area contributed by atoms with E-state index in [4.69, 9.17) is 4.74 Å². The van der Waals surface area contributed by atoms with E-state index in [1.165, 1.54) is 16.3 Å². The number of hydrogen-bond acceptors (Lipinski definition) is 3. The standard InChI is InChI=1S/C24H23NO2/c1-3-27-24(26)21-13-6-9-19(17-21)10-8-16-25-18(2)22-15-7-12-20-11-4-5-14-23(20)22/h4-7,9,11-15,17-18,25H,3,16H2,1-2H3/t18-/m1/s1. The molecule has 3 aromatic rings. The first-order chi connectivity index (χ1) is 13.2. The number of hydrogen-bond donors (Lipinski definition) is 1. The third-order valence-electron chi connectivity index (χ3n) is 4.39. The highest BCUT2D eigenvalue weighted by atomic mass is 16.5. The summed E-state index contributed by atoms with van der Waals surface area (Å²) in [6.07, 6.45) is 0. The SMILES string of the molecule is CCOC(=O)c1cccc(C#CCN[C@H](C)c2cccc3ccccc23)c1. The van der Waals surface area contributed by atoms with E-state index in [0.29, 0.717) is 18.7 Å². The molecular formula is C24H23NO2. The fourth-order valence-corrected chi connectivity index (χ4v) is 3.03. The first-order valence-electron chi connectivity index (χ1n) is 9.16. The van der Waals surface area contributed by atoms with E-state index in [9.17, 15) is 4.79 Å².